The molecule has 0 aliphatic rings. The van der Waals surface area contributed by atoms with Crippen LogP contribution in [0.5, 0.6) is 5.75 Å². The van der Waals surface area contributed by atoms with Gasteiger partial charge in [0.25, 0.3) is 0 Å². The second-order valence-corrected chi connectivity index (χ2v) is 7.02. The topological polar surface area (TPSA) is 29.5 Å². The van der Waals surface area contributed by atoms with Gasteiger partial charge in [0.1, 0.15) is 12.4 Å². The van der Waals surface area contributed by atoms with Crippen molar-refractivity contribution < 1.29 is 9.53 Å². The number of likely N-dealkylation sites (N-methyl/N-ethyl adjacent to an activating group) is 1. The number of rotatable bonds is 10. The summed E-state index contributed by atoms with van der Waals surface area (Å²) in [5.41, 5.74) is 2.69. The summed E-state index contributed by atoms with van der Waals surface area (Å²) in [6.45, 7) is 7.94. The van der Waals surface area contributed by atoms with Gasteiger partial charge < -0.3 is 9.64 Å². The molecule has 0 aromatic heterocycles. The third kappa shape index (κ3) is 5.55. The number of ketones is 1. The molecule has 3 rings (SSSR count). The quantitative estimate of drug-likeness (QED) is 0.435. The largest absolute Gasteiger partial charge is 0.492 e. The molecule has 150 valence electrons. The van der Waals surface area contributed by atoms with Crippen molar-refractivity contribution in [1.82, 2.24) is 4.90 Å². The first-order valence-electron chi connectivity index (χ1n) is 10.3. The van der Waals surface area contributed by atoms with E-state index in [1.807, 2.05) is 84.9 Å². The Balaban J connectivity index is 1.79. The van der Waals surface area contributed by atoms with Gasteiger partial charge in [-0.25, -0.2) is 0 Å². The van der Waals surface area contributed by atoms with E-state index in [1.54, 1.807) is 0 Å². The summed E-state index contributed by atoms with van der Waals surface area (Å²) in [6, 6.07) is 27.4. The van der Waals surface area contributed by atoms with Gasteiger partial charge in [0.15, 0.2) is 5.78 Å². The first-order chi connectivity index (χ1) is 14.2. The molecule has 0 N–H and O–H groups in total. The van der Waals surface area contributed by atoms with Crippen LogP contribution >= 0.6 is 0 Å². The molecule has 0 radical (unpaired) electrons. The first kappa shape index (κ1) is 20.8. The zero-order valence-electron chi connectivity index (χ0n) is 17.3. The highest BCUT2D eigenvalue weighted by molar-refractivity contribution is 6.03. The van der Waals surface area contributed by atoms with Gasteiger partial charge >= 0.3 is 0 Å². The van der Waals surface area contributed by atoms with Crippen molar-refractivity contribution in [2.24, 2.45) is 0 Å². The van der Waals surface area contributed by atoms with Gasteiger partial charge in [-0.3, -0.25) is 4.79 Å². The van der Waals surface area contributed by atoms with E-state index in [-0.39, 0.29) is 11.7 Å². The molecule has 3 heteroatoms. The van der Waals surface area contributed by atoms with Gasteiger partial charge in [-0.15, -0.1) is 0 Å². The van der Waals surface area contributed by atoms with Crippen LogP contribution < -0.4 is 4.74 Å². The first-order valence-corrected chi connectivity index (χ1v) is 10.3. The number of hydrogen-bond donors (Lipinski definition) is 0. The summed E-state index contributed by atoms with van der Waals surface area (Å²) in [7, 11) is 0. The lowest BCUT2D eigenvalue weighted by Crippen LogP contribution is -2.27. The molecule has 3 aromatic rings. The molecule has 0 aliphatic heterocycles. The molecule has 0 saturated carbocycles. The fourth-order valence-corrected chi connectivity index (χ4v) is 3.50. The van der Waals surface area contributed by atoms with Crippen LogP contribution in [0.3, 0.4) is 0 Å². The monoisotopic (exact) mass is 387 g/mol. The standard InChI is InChI=1S/C26H29NO2/c1-3-27(4-2)19-20-29-24-17-15-22(16-18-24)25(21-11-7-5-8-12-21)26(28)23-13-9-6-10-14-23/h5-18,25H,3-4,19-20H2,1-2H3/t25-/m0/s1. The lowest BCUT2D eigenvalue weighted by molar-refractivity contribution is 0.0974. The van der Waals surface area contributed by atoms with E-state index < -0.39 is 0 Å². The summed E-state index contributed by atoms with van der Waals surface area (Å²) in [5.74, 6) is 0.607. The Morgan fingerprint density at radius 2 is 1.34 bits per heavy atom. The summed E-state index contributed by atoms with van der Waals surface area (Å²) >= 11 is 0. The summed E-state index contributed by atoms with van der Waals surface area (Å²) < 4.78 is 5.90. The van der Waals surface area contributed by atoms with Crippen molar-refractivity contribution in [3.05, 3.63) is 102 Å². The highest BCUT2D eigenvalue weighted by Crippen LogP contribution is 2.30. The Morgan fingerprint density at radius 3 is 1.93 bits per heavy atom. The van der Waals surface area contributed by atoms with E-state index in [4.69, 9.17) is 4.74 Å². The van der Waals surface area contributed by atoms with Crippen LogP contribution in [-0.4, -0.2) is 36.9 Å². The van der Waals surface area contributed by atoms with Crippen molar-refractivity contribution >= 4 is 5.78 Å². The number of hydrogen-bond acceptors (Lipinski definition) is 3. The summed E-state index contributed by atoms with van der Waals surface area (Å²) in [4.78, 5) is 15.6. The smallest absolute Gasteiger partial charge is 0.174 e. The Kier molecular flexibility index (Phi) is 7.60. The minimum absolute atomic E-state index is 0.104. The molecule has 29 heavy (non-hydrogen) atoms. The predicted octanol–water partition coefficient (Wildman–Crippen LogP) is 5.42. The van der Waals surface area contributed by atoms with E-state index in [9.17, 15) is 4.79 Å². The van der Waals surface area contributed by atoms with Crippen LogP contribution in [0.2, 0.25) is 0 Å². The average molecular weight is 388 g/mol. The Hall–Kier alpha value is -2.91. The van der Waals surface area contributed by atoms with Crippen molar-refractivity contribution in [3.63, 3.8) is 0 Å². The molecule has 0 unspecified atom stereocenters. The normalized spacial score (nSPS) is 12.0. The highest BCUT2D eigenvalue weighted by Gasteiger charge is 2.23. The number of nitrogens with zero attached hydrogens (tertiary/aromatic N) is 1. The van der Waals surface area contributed by atoms with Gasteiger partial charge in [-0.05, 0) is 36.3 Å². The van der Waals surface area contributed by atoms with E-state index in [0.29, 0.717) is 6.61 Å². The van der Waals surface area contributed by atoms with Gasteiger partial charge in [0, 0.05) is 12.1 Å². The lowest BCUT2D eigenvalue weighted by Gasteiger charge is -2.19. The highest BCUT2D eigenvalue weighted by atomic mass is 16.5. The van der Waals surface area contributed by atoms with Gasteiger partial charge in [-0.2, -0.15) is 0 Å². The number of ether oxygens (including phenoxy) is 1. The third-order valence-electron chi connectivity index (χ3n) is 5.24. The fourth-order valence-electron chi connectivity index (χ4n) is 3.50. The van der Waals surface area contributed by atoms with Crippen molar-refractivity contribution in [1.29, 1.82) is 0 Å². The molecule has 0 amide bonds. The molecule has 0 aliphatic carbocycles. The van der Waals surface area contributed by atoms with E-state index in [0.717, 1.165) is 42.1 Å². The summed E-state index contributed by atoms with van der Waals surface area (Å²) in [5, 5.41) is 0. The van der Waals surface area contributed by atoms with Crippen LogP contribution in [0.25, 0.3) is 0 Å². The van der Waals surface area contributed by atoms with Crippen LogP contribution in [0.1, 0.15) is 41.3 Å². The van der Waals surface area contributed by atoms with E-state index >= 15 is 0 Å². The van der Waals surface area contributed by atoms with E-state index in [2.05, 4.69) is 18.7 Å². The molecule has 0 heterocycles. The van der Waals surface area contributed by atoms with Crippen LogP contribution in [0.4, 0.5) is 0 Å². The fraction of sp³-hybridized carbons (Fsp3) is 0.269. The zero-order chi connectivity index (χ0) is 20.5. The van der Waals surface area contributed by atoms with E-state index in [1.165, 1.54) is 0 Å². The van der Waals surface area contributed by atoms with Crippen molar-refractivity contribution in [2.75, 3.05) is 26.2 Å². The molecule has 3 nitrogen and oxygen atoms in total. The number of Topliss-reactive ketones (excluding diaryl/α,β-unsaturated/α-hetero) is 1. The molecule has 0 spiro atoms. The maximum absolute atomic E-state index is 13.3. The zero-order valence-corrected chi connectivity index (χ0v) is 17.3. The Bertz CT molecular complexity index is 872. The molecule has 1 atom stereocenters. The number of carbonyl (C=O) groups excluding carboxylic acids is 1. The SMILES string of the molecule is CCN(CC)CCOc1ccc([C@@H](C(=O)c2ccccc2)c2ccccc2)cc1. The Labute approximate surface area is 174 Å². The maximum Gasteiger partial charge on any atom is 0.174 e. The van der Waals surface area contributed by atoms with Crippen LogP contribution in [0, 0.1) is 0 Å². The van der Waals surface area contributed by atoms with Crippen molar-refractivity contribution in [3.8, 4) is 5.75 Å². The van der Waals surface area contributed by atoms with Gasteiger partial charge in [0.2, 0.25) is 0 Å². The summed E-state index contributed by atoms with van der Waals surface area (Å²) in [6.07, 6.45) is 0. The molecule has 3 aromatic carbocycles. The van der Waals surface area contributed by atoms with Crippen LogP contribution in [-0.2, 0) is 0 Å². The number of carbonyl (C=O) groups is 1. The average Bonchev–Trinajstić information content (AvgIpc) is 2.79. The Morgan fingerprint density at radius 1 is 0.793 bits per heavy atom. The third-order valence-corrected chi connectivity index (χ3v) is 5.24. The van der Waals surface area contributed by atoms with Gasteiger partial charge in [0.05, 0.1) is 5.92 Å². The molecular weight excluding hydrogens is 358 g/mol. The minimum atomic E-state index is -0.330. The molecular formula is C26H29NO2. The van der Waals surface area contributed by atoms with Gasteiger partial charge in [-0.1, -0.05) is 86.6 Å². The maximum atomic E-state index is 13.3. The minimum Gasteiger partial charge on any atom is -0.492 e. The molecule has 0 bridgehead atoms. The number of benzene rings is 3. The predicted molar refractivity (Wildman–Crippen MR) is 119 cm³/mol. The van der Waals surface area contributed by atoms with Crippen LogP contribution in [0.15, 0.2) is 84.9 Å². The molecule has 0 saturated heterocycles. The van der Waals surface area contributed by atoms with Crippen molar-refractivity contribution in [2.45, 2.75) is 19.8 Å². The second kappa shape index (κ2) is 10.6. The molecule has 0 fully saturated rings. The second-order valence-electron chi connectivity index (χ2n) is 7.02. The lowest BCUT2D eigenvalue weighted by atomic mass is 9.85.